The Hall–Kier alpha value is -3.02. The van der Waals surface area contributed by atoms with Gasteiger partial charge in [-0.1, -0.05) is 36.4 Å². The second-order valence-corrected chi connectivity index (χ2v) is 6.41. The van der Waals surface area contributed by atoms with E-state index in [9.17, 15) is 4.79 Å². The van der Waals surface area contributed by atoms with Crippen LogP contribution in [0.5, 0.6) is 5.75 Å². The Labute approximate surface area is 160 Å². The van der Waals surface area contributed by atoms with Crippen molar-refractivity contribution in [3.63, 3.8) is 0 Å². The van der Waals surface area contributed by atoms with Crippen LogP contribution in [0.2, 0.25) is 0 Å². The highest BCUT2D eigenvalue weighted by atomic mass is 16.5. The van der Waals surface area contributed by atoms with Gasteiger partial charge in [-0.05, 0) is 30.2 Å². The lowest BCUT2D eigenvalue weighted by Gasteiger charge is -2.23. The van der Waals surface area contributed by atoms with Crippen LogP contribution in [0, 0.1) is 0 Å². The molecule has 142 valence electrons. The fourth-order valence-corrected chi connectivity index (χ4v) is 3.16. The molecule has 0 aliphatic carbocycles. The van der Waals surface area contributed by atoms with E-state index in [0.29, 0.717) is 19.1 Å². The largest absolute Gasteiger partial charge is 0.492 e. The number of nitrogens with one attached hydrogen (secondary N) is 1. The first-order chi connectivity index (χ1) is 13.2. The standard InChI is InChI=1S/C21H26N4O2/c1-22-21(24(2)14-15-27-18-9-4-3-5-10-18)23-16-20(26)25-13-12-17-8-6-7-11-19(17)25/h3-11H,12-16H2,1-2H3,(H,22,23). The number of nitrogens with zero attached hydrogens (tertiary/aromatic N) is 3. The van der Waals surface area contributed by atoms with Gasteiger partial charge in [-0.25, -0.2) is 0 Å². The van der Waals surface area contributed by atoms with Crippen LogP contribution in [0.15, 0.2) is 59.6 Å². The van der Waals surface area contributed by atoms with Crippen molar-refractivity contribution in [1.82, 2.24) is 10.2 Å². The molecule has 0 saturated carbocycles. The molecular weight excluding hydrogens is 340 g/mol. The van der Waals surface area contributed by atoms with Gasteiger partial charge in [-0.15, -0.1) is 0 Å². The summed E-state index contributed by atoms with van der Waals surface area (Å²) in [6, 6.07) is 17.8. The maximum Gasteiger partial charge on any atom is 0.246 e. The first-order valence-corrected chi connectivity index (χ1v) is 9.17. The van der Waals surface area contributed by atoms with Gasteiger partial charge in [0.15, 0.2) is 5.96 Å². The average molecular weight is 366 g/mol. The average Bonchev–Trinajstić information content (AvgIpc) is 3.13. The SMILES string of the molecule is CN=C(NCC(=O)N1CCc2ccccc21)N(C)CCOc1ccccc1. The minimum Gasteiger partial charge on any atom is -0.492 e. The molecule has 0 unspecified atom stereocenters. The quantitative estimate of drug-likeness (QED) is 0.629. The molecule has 1 amide bonds. The number of carbonyl (C=O) groups is 1. The van der Waals surface area contributed by atoms with Crippen molar-refractivity contribution in [2.45, 2.75) is 6.42 Å². The molecule has 1 heterocycles. The van der Waals surface area contributed by atoms with E-state index in [0.717, 1.165) is 24.4 Å². The summed E-state index contributed by atoms with van der Waals surface area (Å²) in [5.74, 6) is 1.57. The molecule has 2 aromatic carbocycles. The van der Waals surface area contributed by atoms with Crippen molar-refractivity contribution < 1.29 is 9.53 Å². The zero-order chi connectivity index (χ0) is 19.1. The van der Waals surface area contributed by atoms with Gasteiger partial charge >= 0.3 is 0 Å². The molecule has 0 aromatic heterocycles. The summed E-state index contributed by atoms with van der Waals surface area (Å²) in [5, 5.41) is 3.15. The smallest absolute Gasteiger partial charge is 0.246 e. The fourth-order valence-electron chi connectivity index (χ4n) is 3.16. The van der Waals surface area contributed by atoms with Gasteiger partial charge < -0.3 is 19.9 Å². The molecule has 6 nitrogen and oxygen atoms in total. The summed E-state index contributed by atoms with van der Waals surface area (Å²) in [5.41, 5.74) is 2.24. The van der Waals surface area contributed by atoms with Crippen LogP contribution in [0.3, 0.4) is 0 Å². The van der Waals surface area contributed by atoms with Gasteiger partial charge in [0.25, 0.3) is 0 Å². The van der Waals surface area contributed by atoms with Crippen molar-refractivity contribution in [3.8, 4) is 5.75 Å². The van der Waals surface area contributed by atoms with E-state index in [2.05, 4.69) is 16.4 Å². The molecule has 1 N–H and O–H groups in total. The predicted molar refractivity (Wildman–Crippen MR) is 108 cm³/mol. The summed E-state index contributed by atoms with van der Waals surface area (Å²) in [7, 11) is 3.64. The van der Waals surface area contributed by atoms with E-state index in [1.54, 1.807) is 7.05 Å². The molecule has 1 aliphatic heterocycles. The number of hydrogen-bond donors (Lipinski definition) is 1. The van der Waals surface area contributed by atoms with Crippen LogP contribution in [0.4, 0.5) is 5.69 Å². The highest BCUT2D eigenvalue weighted by molar-refractivity contribution is 5.98. The van der Waals surface area contributed by atoms with E-state index >= 15 is 0 Å². The molecule has 1 aliphatic rings. The number of likely N-dealkylation sites (N-methyl/N-ethyl adjacent to an activating group) is 1. The van der Waals surface area contributed by atoms with Crippen molar-refractivity contribution >= 4 is 17.6 Å². The zero-order valence-electron chi connectivity index (χ0n) is 15.9. The number of amides is 1. The number of rotatable bonds is 6. The summed E-state index contributed by atoms with van der Waals surface area (Å²) in [4.78, 5) is 20.7. The Morgan fingerprint density at radius 3 is 2.70 bits per heavy atom. The highest BCUT2D eigenvalue weighted by Gasteiger charge is 2.24. The number of carbonyl (C=O) groups excluding carboxylic acids is 1. The lowest BCUT2D eigenvalue weighted by Crippen LogP contribution is -2.46. The lowest BCUT2D eigenvalue weighted by atomic mass is 10.2. The van der Waals surface area contributed by atoms with Gasteiger partial charge in [0, 0.05) is 26.3 Å². The second kappa shape index (κ2) is 9.07. The normalized spacial score (nSPS) is 13.3. The molecule has 0 saturated heterocycles. The Morgan fingerprint density at radius 2 is 1.93 bits per heavy atom. The minimum absolute atomic E-state index is 0.0510. The highest BCUT2D eigenvalue weighted by Crippen LogP contribution is 2.27. The Kier molecular flexibility index (Phi) is 6.30. The summed E-state index contributed by atoms with van der Waals surface area (Å²) in [6.45, 7) is 2.15. The molecule has 0 fully saturated rings. The third-order valence-corrected chi connectivity index (χ3v) is 4.60. The number of hydrogen-bond acceptors (Lipinski definition) is 3. The first kappa shape index (κ1) is 18.8. The van der Waals surface area contributed by atoms with Crippen LogP contribution >= 0.6 is 0 Å². The molecule has 6 heteroatoms. The third-order valence-electron chi connectivity index (χ3n) is 4.60. The molecule has 3 rings (SSSR count). The fraction of sp³-hybridized carbons (Fsp3) is 0.333. The van der Waals surface area contributed by atoms with Gasteiger partial charge in [0.2, 0.25) is 5.91 Å². The van der Waals surface area contributed by atoms with Crippen molar-refractivity contribution in [1.29, 1.82) is 0 Å². The summed E-state index contributed by atoms with van der Waals surface area (Å²) < 4.78 is 5.72. The van der Waals surface area contributed by atoms with E-state index in [1.165, 1.54) is 5.56 Å². The van der Waals surface area contributed by atoms with E-state index in [1.807, 2.05) is 65.4 Å². The summed E-state index contributed by atoms with van der Waals surface area (Å²) >= 11 is 0. The number of aliphatic imine (C=N–C) groups is 1. The number of benzene rings is 2. The number of fused-ring (bicyclic) bond motifs is 1. The van der Waals surface area contributed by atoms with Crippen molar-refractivity contribution in [2.75, 3.05) is 45.2 Å². The molecule has 27 heavy (non-hydrogen) atoms. The molecule has 0 atom stereocenters. The lowest BCUT2D eigenvalue weighted by molar-refractivity contribution is -0.117. The van der Waals surface area contributed by atoms with Crippen molar-refractivity contribution in [3.05, 3.63) is 60.2 Å². The Balaban J connectivity index is 1.46. The van der Waals surface area contributed by atoms with Gasteiger partial charge in [-0.3, -0.25) is 9.79 Å². The maximum absolute atomic E-state index is 12.6. The van der Waals surface area contributed by atoms with Crippen molar-refractivity contribution in [2.24, 2.45) is 4.99 Å². The zero-order valence-corrected chi connectivity index (χ0v) is 15.9. The van der Waals surface area contributed by atoms with Gasteiger partial charge in [0.1, 0.15) is 12.4 Å². The molecule has 0 radical (unpaired) electrons. The minimum atomic E-state index is 0.0510. The third kappa shape index (κ3) is 4.78. The molecule has 0 spiro atoms. The number of anilines is 1. The molecule has 0 bridgehead atoms. The monoisotopic (exact) mass is 366 g/mol. The van der Waals surface area contributed by atoms with E-state index < -0.39 is 0 Å². The summed E-state index contributed by atoms with van der Waals surface area (Å²) in [6.07, 6.45) is 0.910. The number of ether oxygens (including phenoxy) is 1. The topological polar surface area (TPSA) is 57.2 Å². The van der Waals surface area contributed by atoms with E-state index in [4.69, 9.17) is 4.74 Å². The van der Waals surface area contributed by atoms with Crippen LogP contribution in [0.1, 0.15) is 5.56 Å². The van der Waals surface area contributed by atoms with Crippen LogP contribution < -0.4 is 15.0 Å². The van der Waals surface area contributed by atoms with Crippen LogP contribution in [-0.2, 0) is 11.2 Å². The maximum atomic E-state index is 12.6. The number of para-hydroxylation sites is 2. The van der Waals surface area contributed by atoms with E-state index in [-0.39, 0.29) is 12.5 Å². The Morgan fingerprint density at radius 1 is 1.19 bits per heavy atom. The Bertz CT molecular complexity index is 792. The van der Waals surface area contributed by atoms with Gasteiger partial charge in [0.05, 0.1) is 13.1 Å². The second-order valence-electron chi connectivity index (χ2n) is 6.41. The number of guanidine groups is 1. The first-order valence-electron chi connectivity index (χ1n) is 9.17. The van der Waals surface area contributed by atoms with Crippen LogP contribution in [-0.4, -0.2) is 57.1 Å². The molecule has 2 aromatic rings. The molecular formula is C21H26N4O2. The predicted octanol–water partition coefficient (Wildman–Crippen LogP) is 2.16. The van der Waals surface area contributed by atoms with Gasteiger partial charge in [-0.2, -0.15) is 0 Å². The van der Waals surface area contributed by atoms with Crippen LogP contribution in [0.25, 0.3) is 0 Å².